The van der Waals surface area contributed by atoms with Gasteiger partial charge < -0.3 is 18.9 Å². The Morgan fingerprint density at radius 2 is 2.17 bits per heavy atom. The molecule has 0 aromatic heterocycles. The molecule has 23 heavy (non-hydrogen) atoms. The summed E-state index contributed by atoms with van der Waals surface area (Å²) in [6, 6.07) is 8.86. The molecule has 8 nitrogen and oxygen atoms in total. The number of carbonyl (C=O) groups is 1. The fourth-order valence-corrected chi connectivity index (χ4v) is 2.83. The fourth-order valence-electron chi connectivity index (χ4n) is 2.83. The van der Waals surface area contributed by atoms with Crippen molar-refractivity contribution in [1.29, 1.82) is 0 Å². The van der Waals surface area contributed by atoms with E-state index in [1.54, 1.807) is 0 Å². The van der Waals surface area contributed by atoms with Gasteiger partial charge in [-0.05, 0) is 11.1 Å². The second kappa shape index (κ2) is 6.97. The molecule has 0 spiro atoms. The number of benzene rings is 1. The van der Waals surface area contributed by atoms with Gasteiger partial charge in [-0.15, -0.1) is 0 Å². The molecule has 0 radical (unpaired) electrons. The lowest BCUT2D eigenvalue weighted by atomic mass is 9.99. The second-order valence-corrected chi connectivity index (χ2v) is 5.41. The molecule has 0 saturated carbocycles. The van der Waals surface area contributed by atoms with Gasteiger partial charge in [-0.3, -0.25) is 4.79 Å². The van der Waals surface area contributed by atoms with Gasteiger partial charge >= 0.3 is 5.97 Å². The maximum Gasteiger partial charge on any atom is 0.303 e. The molecule has 2 aliphatic rings. The summed E-state index contributed by atoms with van der Waals surface area (Å²) >= 11 is 0. The highest BCUT2D eigenvalue weighted by molar-refractivity contribution is 5.66. The van der Waals surface area contributed by atoms with Gasteiger partial charge in [0.15, 0.2) is 12.4 Å². The Kier molecular flexibility index (Phi) is 4.78. The zero-order valence-electron chi connectivity index (χ0n) is 12.6. The zero-order chi connectivity index (χ0) is 16.2. The van der Waals surface area contributed by atoms with Crippen LogP contribution in [0.2, 0.25) is 0 Å². The number of hydrogen-bond acceptors (Lipinski definition) is 6. The van der Waals surface area contributed by atoms with Crippen molar-refractivity contribution in [3.8, 4) is 0 Å². The number of rotatable bonds is 5. The monoisotopic (exact) mass is 319 g/mol. The van der Waals surface area contributed by atoms with Gasteiger partial charge in [0.25, 0.3) is 0 Å². The number of esters is 1. The van der Waals surface area contributed by atoms with Crippen molar-refractivity contribution in [1.82, 2.24) is 0 Å². The van der Waals surface area contributed by atoms with E-state index in [-0.39, 0.29) is 6.61 Å². The van der Waals surface area contributed by atoms with Gasteiger partial charge in [0, 0.05) is 11.8 Å². The number of carbonyl (C=O) groups excluding carboxylic acids is 1. The van der Waals surface area contributed by atoms with Crippen molar-refractivity contribution in [2.24, 2.45) is 5.11 Å². The first-order valence-corrected chi connectivity index (χ1v) is 7.33. The van der Waals surface area contributed by atoms with Crippen LogP contribution >= 0.6 is 0 Å². The lowest BCUT2D eigenvalue weighted by molar-refractivity contribution is -0.210. The third-order valence-electron chi connectivity index (χ3n) is 3.81. The maximum atomic E-state index is 11.4. The van der Waals surface area contributed by atoms with E-state index in [0.29, 0.717) is 6.61 Å². The molecule has 5 atom stereocenters. The number of hydrogen-bond donors (Lipinski definition) is 0. The summed E-state index contributed by atoms with van der Waals surface area (Å²) in [6.07, 6.45) is -2.40. The average Bonchev–Trinajstić information content (AvgIpc) is 2.98. The first-order chi connectivity index (χ1) is 11.2. The standard InChI is InChI=1S/C15H17N3O5/c1-9(19)22-13-11-8-21-15(23-11)12(17-18-16)14(13)20-7-10-5-3-2-4-6-10/h2-6,11-15H,7-8H2,1H3/t11-,12-,13-,14-,15-/m1/s1. The Morgan fingerprint density at radius 3 is 2.87 bits per heavy atom. The summed E-state index contributed by atoms with van der Waals surface area (Å²) in [4.78, 5) is 14.2. The molecular weight excluding hydrogens is 302 g/mol. The topological polar surface area (TPSA) is 103 Å². The summed E-state index contributed by atoms with van der Waals surface area (Å²) in [5.74, 6) is -0.447. The lowest BCUT2D eigenvalue weighted by Gasteiger charge is -2.38. The van der Waals surface area contributed by atoms with E-state index in [4.69, 9.17) is 24.5 Å². The third kappa shape index (κ3) is 3.46. The Labute approximate surface area is 132 Å². The van der Waals surface area contributed by atoms with Crippen LogP contribution in [-0.4, -0.2) is 43.2 Å². The van der Waals surface area contributed by atoms with Gasteiger partial charge in [0.05, 0.1) is 13.2 Å². The fraction of sp³-hybridized carbons (Fsp3) is 0.533. The van der Waals surface area contributed by atoms with Crippen LogP contribution < -0.4 is 0 Å². The van der Waals surface area contributed by atoms with Gasteiger partial charge in [-0.1, -0.05) is 35.4 Å². The zero-order valence-corrected chi connectivity index (χ0v) is 12.6. The largest absolute Gasteiger partial charge is 0.457 e. The third-order valence-corrected chi connectivity index (χ3v) is 3.81. The molecule has 2 bridgehead atoms. The van der Waals surface area contributed by atoms with E-state index in [9.17, 15) is 4.79 Å². The molecule has 2 fully saturated rings. The van der Waals surface area contributed by atoms with Crippen molar-refractivity contribution in [3.05, 3.63) is 46.3 Å². The summed E-state index contributed by atoms with van der Waals surface area (Å²) in [5.41, 5.74) is 9.77. The maximum absolute atomic E-state index is 11.4. The van der Waals surface area contributed by atoms with Crippen LogP contribution in [0, 0.1) is 0 Å². The average molecular weight is 319 g/mol. The van der Waals surface area contributed by atoms with E-state index >= 15 is 0 Å². The Hall–Kier alpha value is -2.12. The molecular formula is C15H17N3O5. The first kappa shape index (κ1) is 15.8. The predicted molar refractivity (Wildman–Crippen MR) is 78.1 cm³/mol. The van der Waals surface area contributed by atoms with Gasteiger partial charge in [0.2, 0.25) is 0 Å². The van der Waals surface area contributed by atoms with Gasteiger partial charge in [0.1, 0.15) is 18.2 Å². The molecule has 1 aromatic carbocycles. The minimum Gasteiger partial charge on any atom is -0.457 e. The summed E-state index contributed by atoms with van der Waals surface area (Å²) in [6.45, 7) is 1.89. The van der Waals surface area contributed by atoms with E-state index < -0.39 is 36.6 Å². The van der Waals surface area contributed by atoms with Gasteiger partial charge in [-0.2, -0.15) is 0 Å². The number of azide groups is 1. The second-order valence-electron chi connectivity index (χ2n) is 5.41. The summed E-state index contributed by atoms with van der Waals surface area (Å²) < 4.78 is 22.4. The van der Waals surface area contributed by atoms with Crippen molar-refractivity contribution in [3.63, 3.8) is 0 Å². The highest BCUT2D eigenvalue weighted by Crippen LogP contribution is 2.34. The molecule has 2 heterocycles. The molecule has 0 amide bonds. The molecule has 2 saturated heterocycles. The Bertz CT molecular complexity index is 604. The molecule has 122 valence electrons. The van der Waals surface area contributed by atoms with Crippen molar-refractivity contribution in [2.45, 2.75) is 44.2 Å². The highest BCUT2D eigenvalue weighted by atomic mass is 16.7. The predicted octanol–water partition coefficient (Wildman–Crippen LogP) is 1.94. The van der Waals surface area contributed by atoms with Crippen LogP contribution in [0.1, 0.15) is 12.5 Å². The SMILES string of the molecule is CC(=O)O[C@H]1[C@H](OCc2ccccc2)[C@@H](N=[N+]=[N-])[C@@H]2OC[C@H]1O2. The molecule has 8 heteroatoms. The van der Waals surface area contributed by atoms with Crippen molar-refractivity contribution >= 4 is 5.97 Å². The lowest BCUT2D eigenvalue weighted by Crippen LogP contribution is -2.55. The van der Waals surface area contributed by atoms with E-state index in [2.05, 4.69) is 10.0 Å². The molecule has 3 rings (SSSR count). The normalized spacial score (nSPS) is 32.1. The van der Waals surface area contributed by atoms with Crippen LogP contribution in [0.15, 0.2) is 35.4 Å². The van der Waals surface area contributed by atoms with E-state index in [0.717, 1.165) is 5.56 Å². The van der Waals surface area contributed by atoms with E-state index in [1.165, 1.54) is 6.92 Å². The molecule has 0 N–H and O–H groups in total. The van der Waals surface area contributed by atoms with Crippen LogP contribution in [0.5, 0.6) is 0 Å². The molecule has 1 aromatic rings. The van der Waals surface area contributed by atoms with E-state index in [1.807, 2.05) is 30.3 Å². The molecule has 2 aliphatic heterocycles. The van der Waals surface area contributed by atoms with Crippen LogP contribution in [0.3, 0.4) is 0 Å². The van der Waals surface area contributed by atoms with Crippen molar-refractivity contribution < 1.29 is 23.7 Å². The molecule has 0 aliphatic carbocycles. The Balaban J connectivity index is 1.80. The summed E-state index contributed by atoms with van der Waals surface area (Å²) in [7, 11) is 0. The van der Waals surface area contributed by atoms with Crippen LogP contribution in [0.25, 0.3) is 10.4 Å². The smallest absolute Gasteiger partial charge is 0.303 e. The quantitative estimate of drug-likeness (QED) is 0.357. The van der Waals surface area contributed by atoms with Crippen LogP contribution in [0.4, 0.5) is 0 Å². The van der Waals surface area contributed by atoms with Crippen LogP contribution in [-0.2, 0) is 30.3 Å². The number of ether oxygens (including phenoxy) is 4. The minimum absolute atomic E-state index is 0.269. The first-order valence-electron chi connectivity index (χ1n) is 7.33. The minimum atomic E-state index is -0.716. The summed E-state index contributed by atoms with van der Waals surface area (Å²) in [5, 5.41) is 3.73. The highest BCUT2D eigenvalue weighted by Gasteiger charge is 2.52. The van der Waals surface area contributed by atoms with Crippen molar-refractivity contribution in [2.75, 3.05) is 6.61 Å². The van der Waals surface area contributed by atoms with Gasteiger partial charge in [-0.25, -0.2) is 0 Å². The number of nitrogens with zero attached hydrogens (tertiary/aromatic N) is 3. The Morgan fingerprint density at radius 1 is 1.39 bits per heavy atom. The molecule has 0 unspecified atom stereocenters. The number of fused-ring (bicyclic) bond motifs is 2.